The van der Waals surface area contributed by atoms with Crippen molar-refractivity contribution in [1.82, 2.24) is 87.2 Å². The van der Waals surface area contributed by atoms with Gasteiger partial charge in [-0.2, -0.15) is 0 Å². The number of unbranched alkanes of at least 4 members (excludes halogenated alkanes) is 2. The molecule has 45 heteroatoms. The highest BCUT2D eigenvalue weighted by Gasteiger charge is 2.48. The molecule has 0 saturated carbocycles. The number of para-hydroxylation sites is 2. The fourth-order valence-corrected chi connectivity index (χ4v) is 17.8. The Kier molecular flexibility index (Phi) is 38.9. The largest absolute Gasteiger partial charge is 0.481 e. The highest BCUT2D eigenvalue weighted by atomic mass is 19.1. The smallest absolute Gasteiger partial charge is 0.323 e. The van der Waals surface area contributed by atoms with Crippen LogP contribution in [0.4, 0.5) is 4.39 Å². The maximum absolute atomic E-state index is 15.9. The molecule has 0 radical (unpaired) electrons. The van der Waals surface area contributed by atoms with E-state index >= 15 is 38.4 Å². The van der Waals surface area contributed by atoms with Gasteiger partial charge in [0.25, 0.3) is 0 Å². The Bertz CT molecular complexity index is 5280. The molecule has 9 rings (SSSR count). The lowest BCUT2D eigenvalue weighted by Crippen LogP contribution is -2.61. The number of nitrogens with one attached hydrogen (secondary N) is 11. The second-order valence-corrected chi connectivity index (χ2v) is 35.7. The Morgan fingerprint density at radius 3 is 1.63 bits per heavy atom. The summed E-state index contributed by atoms with van der Waals surface area (Å²) in [6.45, 7) is 4.24. The first-order valence-electron chi connectivity index (χ1n) is 46.1. The number of rotatable bonds is 27. The number of aliphatic carboxylic acids is 2. The van der Waals surface area contributed by atoms with Crippen molar-refractivity contribution in [3.63, 3.8) is 0 Å². The second-order valence-electron chi connectivity index (χ2n) is 35.7. The molecule has 6 heterocycles. The minimum absolute atomic E-state index is 0.0251. The summed E-state index contributed by atoms with van der Waals surface area (Å²) in [6, 6.07) is -5.45. The van der Waals surface area contributed by atoms with Crippen LogP contribution in [0.25, 0.3) is 21.8 Å². The van der Waals surface area contributed by atoms with E-state index in [0.29, 0.717) is 65.0 Å². The van der Waals surface area contributed by atoms with Crippen LogP contribution >= 0.6 is 0 Å². The molecular formula is C92H126FN21O23. The average molecular weight is 1910 g/mol. The lowest BCUT2D eigenvalue weighted by molar-refractivity contribution is -0.149. The molecule has 3 aromatic carbocycles. The number of aromatic amines is 1. The first kappa shape index (κ1) is 107. The maximum Gasteiger partial charge on any atom is 0.323 e. The van der Waals surface area contributed by atoms with E-state index in [4.69, 9.17) is 22.9 Å². The van der Waals surface area contributed by atoms with Crippen LogP contribution in [0.15, 0.2) is 85.2 Å². The van der Waals surface area contributed by atoms with Crippen LogP contribution in [0.5, 0.6) is 0 Å². The molecule has 0 spiro atoms. The van der Waals surface area contributed by atoms with E-state index < -0.39 is 299 Å². The Morgan fingerprint density at radius 2 is 1.00 bits per heavy atom. The zero-order valence-electron chi connectivity index (χ0n) is 77.5. The summed E-state index contributed by atoms with van der Waals surface area (Å²) in [5.74, 6) is -22.8. The highest BCUT2D eigenvalue weighted by molar-refractivity contribution is 6.03. The number of fused-ring (bicyclic) bond motifs is 5. The Morgan fingerprint density at radius 1 is 0.482 bits per heavy atom. The van der Waals surface area contributed by atoms with Gasteiger partial charge in [0.15, 0.2) is 0 Å². The molecule has 4 saturated heterocycles. The third kappa shape index (κ3) is 29.5. The topological polar surface area (TPSA) is 663 Å². The predicted octanol–water partition coefficient (Wildman–Crippen LogP) is -2.88. The van der Waals surface area contributed by atoms with Crippen LogP contribution < -0.4 is 76.1 Å². The van der Waals surface area contributed by atoms with Crippen molar-refractivity contribution < 1.29 is 116 Å². The molecule has 0 aliphatic carbocycles. The number of nitrogens with two attached hydrogens (primary N) is 4. The number of H-pyrrole nitrogens is 1. The SMILES string of the molecule is CCCC[C@H]1C(=O)N(C)[C@@H](CCCC)C(=O)N[C@@H](CC(C)C)C(=O)N[C@H](C(N)=O)CNCC(=O)N[C@@H](Cc2ccc(F)cc2)C(=O)N2CCCC[C@H]2C(=O)N[C@@H](CC(=O)O)C(=O)N2CCCC2C(=O)N[C@@H](CCC(N)=O)C(=O)N[C@@H](CCC(N)=O)C(=O)N2C[C@H](O)C[C@H]2C(=O)N[C@@H](Cc2c[nH]c3ccccc23)C(=O)N[C@@H](CC(N)=O)C(=O)N[C@@H](Cc2cn(CC(=O)O)c3ccccc23)C(=O)N1C. The monoisotopic (exact) mass is 1910 g/mol. The summed E-state index contributed by atoms with van der Waals surface area (Å²) < 4.78 is 15.8. The van der Waals surface area contributed by atoms with Gasteiger partial charge in [0.05, 0.1) is 25.5 Å². The summed E-state index contributed by atoms with van der Waals surface area (Å²) in [7, 11) is 2.59. The van der Waals surface area contributed by atoms with Gasteiger partial charge >= 0.3 is 11.9 Å². The lowest BCUT2D eigenvalue weighted by atomic mass is 9.97. The minimum atomic E-state index is -2.04. The predicted molar refractivity (Wildman–Crippen MR) is 490 cm³/mol. The molecular weight excluding hydrogens is 1790 g/mol. The van der Waals surface area contributed by atoms with Gasteiger partial charge in [-0.3, -0.25) is 95.9 Å². The van der Waals surface area contributed by atoms with Gasteiger partial charge in [0.1, 0.15) is 96.9 Å². The number of hydrogen-bond donors (Lipinski definition) is 18. The summed E-state index contributed by atoms with van der Waals surface area (Å²) in [5, 5.41) is 58.7. The third-order valence-corrected chi connectivity index (χ3v) is 24.9. The number of likely N-dealkylation sites (N-methyl/N-ethyl adjacent to an activating group) is 2. The molecule has 4 fully saturated rings. The van der Waals surface area contributed by atoms with E-state index in [1.807, 2.05) is 6.92 Å². The van der Waals surface area contributed by atoms with E-state index in [-0.39, 0.29) is 75.9 Å². The molecule has 1 unspecified atom stereocenters. The lowest BCUT2D eigenvalue weighted by Gasteiger charge is -2.38. The summed E-state index contributed by atoms with van der Waals surface area (Å²) >= 11 is 0. The minimum Gasteiger partial charge on any atom is -0.481 e. The molecule has 22 N–H and O–H groups in total. The zero-order chi connectivity index (χ0) is 100. The number of piperidine rings is 1. The second kappa shape index (κ2) is 50.0. The van der Waals surface area contributed by atoms with Crippen LogP contribution in [0.1, 0.15) is 166 Å². The van der Waals surface area contributed by atoms with Crippen molar-refractivity contribution in [2.75, 3.05) is 46.8 Å². The molecule has 744 valence electrons. The number of aliphatic hydroxyl groups excluding tert-OH is 1. The van der Waals surface area contributed by atoms with Gasteiger partial charge in [-0.15, -0.1) is 0 Å². The van der Waals surface area contributed by atoms with Gasteiger partial charge in [-0.1, -0.05) is 102 Å². The normalized spacial score (nSPS) is 25.1. The van der Waals surface area contributed by atoms with E-state index in [0.717, 1.165) is 36.6 Å². The van der Waals surface area contributed by atoms with Crippen molar-refractivity contribution >= 4 is 140 Å². The molecule has 5 aromatic rings. The molecule has 44 nitrogen and oxygen atoms in total. The van der Waals surface area contributed by atoms with Crippen LogP contribution in [0.2, 0.25) is 0 Å². The van der Waals surface area contributed by atoms with Crippen molar-refractivity contribution in [1.29, 1.82) is 0 Å². The first-order chi connectivity index (χ1) is 65.1. The fourth-order valence-electron chi connectivity index (χ4n) is 17.8. The molecule has 4 aliphatic heterocycles. The van der Waals surface area contributed by atoms with Crippen molar-refractivity contribution in [3.05, 3.63) is 108 Å². The molecule has 0 bridgehead atoms. The van der Waals surface area contributed by atoms with Gasteiger partial charge in [-0.25, -0.2) is 4.39 Å². The van der Waals surface area contributed by atoms with Crippen molar-refractivity contribution in [3.8, 4) is 0 Å². The fraction of sp³-hybridized carbons (Fsp3) is 0.543. The molecule has 18 amide bonds. The number of halogens is 1. The quantitative estimate of drug-likeness (QED) is 0.0251. The first-order valence-corrected chi connectivity index (χ1v) is 46.1. The maximum atomic E-state index is 15.9. The van der Waals surface area contributed by atoms with Crippen molar-refractivity contribution in [2.24, 2.45) is 28.9 Å². The van der Waals surface area contributed by atoms with E-state index in [9.17, 15) is 77.2 Å². The summed E-state index contributed by atoms with van der Waals surface area (Å²) in [4.78, 5) is 297. The summed E-state index contributed by atoms with van der Waals surface area (Å²) in [5.41, 5.74) is 24.9. The van der Waals surface area contributed by atoms with Crippen LogP contribution in [-0.4, -0.2) is 305 Å². The van der Waals surface area contributed by atoms with Gasteiger partial charge in [0, 0.05) is 113 Å². The summed E-state index contributed by atoms with van der Waals surface area (Å²) in [6.07, 6.45) is -3.19. The number of carboxylic acid groups (broad SMARTS) is 2. The standard InChI is InChI=1S/C92H126FN21O23/c1-7-9-21-68-84(129)104-60(36-49(3)4)81(126)108-66(79(97)124)44-98-45-76(119)100-63(37-50-26-28-53(93)29-27-50)90(135)112-34-16-15-24-69(112)86(131)107-65(42-77(120)121)91(136)113-35-17-25-70(113)85(130)101-58(30-32-73(94)116)80(125)102-59(31-33-74(95)117)89(134)114-47-54(115)40-72(114)87(132)105-61(38-51-43-99-57-20-13-11-18-55(51)57)82(127)103-62(41-75(96)118)83(128)106-64(88(133)110(6)71(22-10-8-2)92(137)109(68)5)39-52-46-111(48-78(122)123)67-23-14-12-19-56(52)67/h11-14,18-20,23,26-29,43,46,49,54,58-66,68-72,98-99,115H,7-10,15-17,21-22,24-25,30-42,44-45,47-48H2,1-6H3,(H2,94,116)(H2,95,117)(H2,96,118)(H2,97,124)(H,100,119)(H,101,130)(H,102,125)(H,103,127)(H,104,129)(H,105,132)(H,106,128)(H,107,131)(H,108,126)(H,120,121)(H,122,123)/t54-,58+,59+,60+,61+,62+,63+,64+,65+,66+,68+,69+,70?,71+,72+/m1/s1. The molecule has 4 aliphatic rings. The van der Waals surface area contributed by atoms with Gasteiger partial charge < -0.3 is 125 Å². The number of carbonyl (C=O) groups is 20. The van der Waals surface area contributed by atoms with Gasteiger partial charge in [-0.05, 0) is 111 Å². The number of amides is 18. The van der Waals surface area contributed by atoms with Crippen LogP contribution in [-0.2, 0) is 122 Å². The van der Waals surface area contributed by atoms with E-state index in [1.54, 1.807) is 69.3 Å². The number of carboxylic acids is 2. The highest BCUT2D eigenvalue weighted by Crippen LogP contribution is 2.30. The number of aliphatic hydroxyl groups is 1. The van der Waals surface area contributed by atoms with E-state index in [2.05, 4.69) is 58.2 Å². The Hall–Kier alpha value is -14.0. The third-order valence-electron chi connectivity index (χ3n) is 24.9. The molecule has 137 heavy (non-hydrogen) atoms. The van der Waals surface area contributed by atoms with Gasteiger partial charge in [0.2, 0.25) is 106 Å². The number of benzene rings is 3. The van der Waals surface area contributed by atoms with E-state index in [1.165, 1.54) is 43.2 Å². The number of nitrogens with zero attached hydrogens (tertiary/aromatic N) is 6. The number of hydrogen-bond acceptors (Lipinski definition) is 22. The Labute approximate surface area is 788 Å². The average Bonchev–Trinajstić information content (AvgIpc) is 1.65. The van der Waals surface area contributed by atoms with Crippen LogP contribution in [0.3, 0.4) is 0 Å². The molecule has 2 aromatic heterocycles. The molecule has 15 atom stereocenters. The zero-order valence-corrected chi connectivity index (χ0v) is 77.5. The number of primary amides is 4. The number of aromatic nitrogens is 2. The van der Waals surface area contributed by atoms with Crippen LogP contribution in [0, 0.1) is 11.7 Å². The Balaban J connectivity index is 1.12. The number of carbonyl (C=O) groups excluding carboxylic acids is 18. The van der Waals surface area contributed by atoms with Crippen molar-refractivity contribution in [2.45, 2.75) is 266 Å².